The SMILES string of the molecule is CC(CC(F)(F)F)Nc1nc(Cl)nc2[nH]ncc12. The van der Waals surface area contributed by atoms with Crippen molar-refractivity contribution in [3.8, 4) is 0 Å². The third-order valence-electron chi connectivity index (χ3n) is 2.20. The second-order valence-electron chi connectivity index (χ2n) is 3.84. The normalized spacial score (nSPS) is 13.8. The zero-order valence-corrected chi connectivity index (χ0v) is 9.97. The van der Waals surface area contributed by atoms with Crippen molar-refractivity contribution < 1.29 is 13.2 Å². The molecule has 18 heavy (non-hydrogen) atoms. The maximum atomic E-state index is 12.2. The number of hydrogen-bond acceptors (Lipinski definition) is 4. The van der Waals surface area contributed by atoms with Crippen LogP contribution in [0.15, 0.2) is 6.20 Å². The summed E-state index contributed by atoms with van der Waals surface area (Å²) in [5, 5.41) is 9.40. The average Bonchev–Trinajstić information content (AvgIpc) is 2.61. The van der Waals surface area contributed by atoms with E-state index in [4.69, 9.17) is 11.6 Å². The first-order valence-corrected chi connectivity index (χ1v) is 5.43. The van der Waals surface area contributed by atoms with Crippen molar-refractivity contribution in [2.24, 2.45) is 0 Å². The molecule has 1 atom stereocenters. The molecule has 2 aromatic heterocycles. The lowest BCUT2D eigenvalue weighted by molar-refractivity contribution is -0.136. The number of H-pyrrole nitrogens is 1. The van der Waals surface area contributed by atoms with Crippen LogP contribution in [-0.4, -0.2) is 32.4 Å². The summed E-state index contributed by atoms with van der Waals surface area (Å²) in [5.74, 6) is 0.232. The fourth-order valence-electron chi connectivity index (χ4n) is 1.55. The number of halogens is 4. The fourth-order valence-corrected chi connectivity index (χ4v) is 1.72. The third-order valence-corrected chi connectivity index (χ3v) is 2.37. The van der Waals surface area contributed by atoms with Crippen LogP contribution in [0, 0.1) is 0 Å². The van der Waals surface area contributed by atoms with Crippen LogP contribution in [0.2, 0.25) is 5.28 Å². The van der Waals surface area contributed by atoms with Crippen molar-refractivity contribution in [2.45, 2.75) is 25.6 Å². The Morgan fingerprint density at radius 2 is 2.17 bits per heavy atom. The summed E-state index contributed by atoms with van der Waals surface area (Å²) in [7, 11) is 0. The third kappa shape index (κ3) is 3.00. The standard InChI is InChI=1S/C9H9ClF3N5/c1-4(2-9(11,12)13)15-6-5-3-14-18-7(5)17-8(10)16-6/h3-4H,2H2,1H3,(H2,14,15,16,17,18). The molecule has 0 aliphatic heterocycles. The number of aromatic amines is 1. The van der Waals surface area contributed by atoms with Gasteiger partial charge in [0.15, 0.2) is 5.65 Å². The summed E-state index contributed by atoms with van der Waals surface area (Å²) < 4.78 is 36.7. The van der Waals surface area contributed by atoms with Crippen LogP contribution in [-0.2, 0) is 0 Å². The van der Waals surface area contributed by atoms with Gasteiger partial charge in [-0.25, -0.2) is 0 Å². The van der Waals surface area contributed by atoms with Crippen LogP contribution < -0.4 is 5.32 Å². The molecule has 5 nitrogen and oxygen atoms in total. The lowest BCUT2D eigenvalue weighted by Crippen LogP contribution is -2.24. The van der Waals surface area contributed by atoms with Gasteiger partial charge in [0.05, 0.1) is 18.0 Å². The summed E-state index contributed by atoms with van der Waals surface area (Å²) in [6.07, 6.45) is -3.78. The zero-order chi connectivity index (χ0) is 13.3. The molecule has 0 spiro atoms. The van der Waals surface area contributed by atoms with E-state index in [2.05, 4.69) is 25.5 Å². The largest absolute Gasteiger partial charge is 0.391 e. The van der Waals surface area contributed by atoms with Crippen molar-refractivity contribution in [2.75, 3.05) is 5.32 Å². The quantitative estimate of drug-likeness (QED) is 0.848. The van der Waals surface area contributed by atoms with Crippen LogP contribution in [0.1, 0.15) is 13.3 Å². The second-order valence-corrected chi connectivity index (χ2v) is 4.18. The van der Waals surface area contributed by atoms with Gasteiger partial charge in [0, 0.05) is 6.04 Å². The van der Waals surface area contributed by atoms with E-state index in [1.54, 1.807) is 0 Å². The van der Waals surface area contributed by atoms with Crippen LogP contribution in [0.3, 0.4) is 0 Å². The summed E-state index contributed by atoms with van der Waals surface area (Å²) >= 11 is 5.67. The lowest BCUT2D eigenvalue weighted by Gasteiger charge is -2.16. The average molecular weight is 280 g/mol. The number of nitrogens with one attached hydrogen (secondary N) is 2. The highest BCUT2D eigenvalue weighted by Gasteiger charge is 2.30. The fraction of sp³-hybridized carbons (Fsp3) is 0.444. The topological polar surface area (TPSA) is 66.5 Å². The minimum Gasteiger partial charge on any atom is -0.367 e. The van der Waals surface area contributed by atoms with Crippen molar-refractivity contribution >= 4 is 28.5 Å². The Hall–Kier alpha value is -1.57. The molecule has 0 saturated carbocycles. The molecule has 0 radical (unpaired) electrons. The predicted molar refractivity (Wildman–Crippen MR) is 60.5 cm³/mol. The highest BCUT2D eigenvalue weighted by molar-refractivity contribution is 6.28. The monoisotopic (exact) mass is 279 g/mol. The van der Waals surface area contributed by atoms with E-state index in [1.165, 1.54) is 13.1 Å². The number of hydrogen-bond donors (Lipinski definition) is 2. The molecule has 2 heterocycles. The second kappa shape index (κ2) is 4.60. The molecular formula is C9H9ClF3N5. The Balaban J connectivity index is 2.23. The van der Waals surface area contributed by atoms with Gasteiger partial charge < -0.3 is 5.32 Å². The number of rotatable bonds is 3. The first-order valence-electron chi connectivity index (χ1n) is 5.05. The molecule has 0 aliphatic rings. The van der Waals surface area contributed by atoms with E-state index in [0.29, 0.717) is 11.0 Å². The molecule has 1 unspecified atom stereocenters. The molecule has 2 N–H and O–H groups in total. The molecule has 0 saturated heterocycles. The van der Waals surface area contributed by atoms with Crippen LogP contribution >= 0.6 is 11.6 Å². The smallest absolute Gasteiger partial charge is 0.367 e. The molecule has 0 bridgehead atoms. The van der Waals surface area contributed by atoms with Gasteiger partial charge in [0.2, 0.25) is 5.28 Å². The summed E-state index contributed by atoms with van der Waals surface area (Å²) in [6.45, 7) is 1.41. The Kier molecular flexibility index (Phi) is 3.29. The first-order chi connectivity index (χ1) is 8.35. The van der Waals surface area contributed by atoms with Gasteiger partial charge in [-0.1, -0.05) is 0 Å². The van der Waals surface area contributed by atoms with Crippen molar-refractivity contribution in [1.29, 1.82) is 0 Å². The molecule has 0 fully saturated rings. The number of nitrogens with zero attached hydrogens (tertiary/aromatic N) is 3. The van der Waals surface area contributed by atoms with E-state index in [1.807, 2.05) is 0 Å². The van der Waals surface area contributed by atoms with Crippen molar-refractivity contribution in [3.63, 3.8) is 0 Å². The Bertz CT molecular complexity index is 553. The molecule has 2 aromatic rings. The van der Waals surface area contributed by atoms with E-state index in [0.717, 1.165) is 0 Å². The number of fused-ring (bicyclic) bond motifs is 1. The molecule has 98 valence electrons. The molecule has 2 rings (SSSR count). The number of aromatic nitrogens is 4. The van der Waals surface area contributed by atoms with Gasteiger partial charge >= 0.3 is 6.18 Å². The first kappa shape index (κ1) is 12.9. The van der Waals surface area contributed by atoms with Crippen molar-refractivity contribution in [3.05, 3.63) is 11.5 Å². The Morgan fingerprint density at radius 3 is 2.83 bits per heavy atom. The zero-order valence-electron chi connectivity index (χ0n) is 9.22. The van der Waals surface area contributed by atoms with Crippen LogP contribution in [0.5, 0.6) is 0 Å². The lowest BCUT2D eigenvalue weighted by atomic mass is 10.2. The maximum Gasteiger partial charge on any atom is 0.391 e. The summed E-state index contributed by atoms with van der Waals surface area (Å²) in [6, 6.07) is -0.825. The predicted octanol–water partition coefficient (Wildman–Crippen LogP) is 2.76. The highest BCUT2D eigenvalue weighted by atomic mass is 35.5. The summed E-state index contributed by atoms with van der Waals surface area (Å²) in [4.78, 5) is 7.71. The molecule has 0 aromatic carbocycles. The summed E-state index contributed by atoms with van der Waals surface area (Å²) in [5.41, 5.74) is 0.372. The highest BCUT2D eigenvalue weighted by Crippen LogP contribution is 2.25. The van der Waals surface area contributed by atoms with Crippen molar-refractivity contribution in [1.82, 2.24) is 20.2 Å². The maximum absolute atomic E-state index is 12.2. The number of anilines is 1. The van der Waals surface area contributed by atoms with E-state index < -0.39 is 18.6 Å². The van der Waals surface area contributed by atoms with Crippen LogP contribution in [0.4, 0.5) is 19.0 Å². The molecule has 0 aliphatic carbocycles. The molecular weight excluding hydrogens is 271 g/mol. The molecule has 0 amide bonds. The van der Waals surface area contributed by atoms with Gasteiger partial charge in [-0.05, 0) is 18.5 Å². The van der Waals surface area contributed by atoms with Gasteiger partial charge in [-0.3, -0.25) is 5.10 Å². The number of alkyl halides is 3. The van der Waals surface area contributed by atoms with Crippen LogP contribution in [0.25, 0.3) is 11.0 Å². The minimum atomic E-state index is -4.24. The minimum absolute atomic E-state index is 0.0616. The van der Waals surface area contributed by atoms with E-state index >= 15 is 0 Å². The molecule has 9 heteroatoms. The van der Waals surface area contributed by atoms with Gasteiger partial charge in [-0.15, -0.1) is 0 Å². The van der Waals surface area contributed by atoms with E-state index in [-0.39, 0.29) is 11.1 Å². The van der Waals surface area contributed by atoms with E-state index in [9.17, 15) is 13.2 Å². The van der Waals surface area contributed by atoms with Gasteiger partial charge in [0.1, 0.15) is 5.82 Å². The Morgan fingerprint density at radius 1 is 1.44 bits per heavy atom. The van der Waals surface area contributed by atoms with Gasteiger partial charge in [0.25, 0.3) is 0 Å². The van der Waals surface area contributed by atoms with Gasteiger partial charge in [-0.2, -0.15) is 28.2 Å². The Labute approximate surface area is 105 Å².